The third-order valence-corrected chi connectivity index (χ3v) is 3.93. The summed E-state index contributed by atoms with van der Waals surface area (Å²) in [6.45, 7) is 1.02. The van der Waals surface area contributed by atoms with Gasteiger partial charge >= 0.3 is 0 Å². The Kier molecular flexibility index (Phi) is 5.50. The number of halogens is 1. The summed E-state index contributed by atoms with van der Waals surface area (Å²) in [5, 5.41) is 6.37. The molecule has 0 radical (unpaired) electrons. The monoisotopic (exact) mass is 331 g/mol. The number of hydrogen-bond donors (Lipinski definition) is 2. The van der Waals surface area contributed by atoms with Gasteiger partial charge in [0.15, 0.2) is 0 Å². The summed E-state index contributed by atoms with van der Waals surface area (Å²) in [6.07, 6.45) is 2.19. The Balaban J connectivity index is 0.00000192. The summed E-state index contributed by atoms with van der Waals surface area (Å²) in [4.78, 5) is 14.4. The zero-order valence-corrected chi connectivity index (χ0v) is 14.2. The van der Waals surface area contributed by atoms with Gasteiger partial charge in [0.1, 0.15) is 0 Å². The Morgan fingerprint density at radius 2 is 2.00 bits per heavy atom. The van der Waals surface area contributed by atoms with Crippen LogP contribution in [0.4, 0.5) is 17.1 Å². The average Bonchev–Trinajstić information content (AvgIpc) is 2.55. The first-order chi connectivity index (χ1) is 10.6. The average molecular weight is 332 g/mol. The molecule has 2 aromatic carbocycles. The van der Waals surface area contributed by atoms with Crippen LogP contribution in [0.25, 0.3) is 0 Å². The molecule has 23 heavy (non-hydrogen) atoms. The Hall–Kier alpha value is -2.20. The maximum Gasteiger partial charge on any atom is 0.255 e. The van der Waals surface area contributed by atoms with Gasteiger partial charge in [-0.05, 0) is 54.8 Å². The second kappa shape index (κ2) is 7.38. The zero-order chi connectivity index (χ0) is 15.5. The number of fused-ring (bicyclic) bond motifs is 1. The van der Waals surface area contributed by atoms with Gasteiger partial charge in [-0.15, -0.1) is 12.4 Å². The van der Waals surface area contributed by atoms with E-state index >= 15 is 0 Å². The van der Waals surface area contributed by atoms with Crippen LogP contribution >= 0.6 is 12.4 Å². The standard InChI is InChI=1S/C18H21N3O.ClH/c1-21(2)16-7-3-5-14(12-16)18(22)20-15-8-9-17-13(11-15)6-4-10-19-17;/h3,5,7-9,11-12,19H,4,6,10H2,1-2H3,(H,20,22);1H. The van der Waals surface area contributed by atoms with Crippen molar-refractivity contribution in [1.29, 1.82) is 0 Å². The normalized spacial score (nSPS) is 12.4. The summed E-state index contributed by atoms with van der Waals surface area (Å²) in [6, 6.07) is 13.7. The van der Waals surface area contributed by atoms with Crippen molar-refractivity contribution in [1.82, 2.24) is 0 Å². The Morgan fingerprint density at radius 3 is 2.78 bits per heavy atom. The predicted molar refractivity (Wildman–Crippen MR) is 99.2 cm³/mol. The fourth-order valence-electron chi connectivity index (χ4n) is 2.68. The minimum absolute atomic E-state index is 0. The van der Waals surface area contributed by atoms with Crippen molar-refractivity contribution < 1.29 is 4.79 Å². The Morgan fingerprint density at radius 1 is 1.17 bits per heavy atom. The van der Waals surface area contributed by atoms with Gasteiger partial charge in [-0.25, -0.2) is 0 Å². The quantitative estimate of drug-likeness (QED) is 0.899. The van der Waals surface area contributed by atoms with Gasteiger partial charge in [-0.2, -0.15) is 0 Å². The summed E-state index contributed by atoms with van der Waals surface area (Å²) in [7, 11) is 3.93. The van der Waals surface area contributed by atoms with E-state index in [0.29, 0.717) is 5.56 Å². The molecule has 0 fully saturated rings. The second-order valence-corrected chi connectivity index (χ2v) is 5.80. The molecule has 1 aliphatic rings. The van der Waals surface area contributed by atoms with E-state index in [1.54, 1.807) is 0 Å². The van der Waals surface area contributed by atoms with Gasteiger partial charge in [0.25, 0.3) is 5.91 Å². The van der Waals surface area contributed by atoms with Gasteiger partial charge in [-0.1, -0.05) is 6.07 Å². The fourth-order valence-corrected chi connectivity index (χ4v) is 2.68. The molecule has 0 saturated carbocycles. The first-order valence-electron chi connectivity index (χ1n) is 7.59. The van der Waals surface area contributed by atoms with Crippen molar-refractivity contribution >= 4 is 35.4 Å². The number of aryl methyl sites for hydroxylation is 1. The van der Waals surface area contributed by atoms with Gasteiger partial charge in [0, 0.05) is 43.3 Å². The second-order valence-electron chi connectivity index (χ2n) is 5.80. The number of nitrogens with zero attached hydrogens (tertiary/aromatic N) is 1. The smallest absolute Gasteiger partial charge is 0.255 e. The molecule has 0 saturated heterocycles. The lowest BCUT2D eigenvalue weighted by atomic mass is 10.0. The first kappa shape index (κ1) is 17.2. The minimum Gasteiger partial charge on any atom is -0.385 e. The molecular weight excluding hydrogens is 310 g/mol. The van der Waals surface area contributed by atoms with Crippen LogP contribution in [-0.2, 0) is 6.42 Å². The van der Waals surface area contributed by atoms with E-state index in [2.05, 4.69) is 16.7 Å². The van der Waals surface area contributed by atoms with Gasteiger partial charge < -0.3 is 15.5 Å². The highest BCUT2D eigenvalue weighted by atomic mass is 35.5. The largest absolute Gasteiger partial charge is 0.385 e. The molecule has 122 valence electrons. The summed E-state index contributed by atoms with van der Waals surface area (Å²) in [5.41, 5.74) is 4.98. The first-order valence-corrected chi connectivity index (χ1v) is 7.59. The highest BCUT2D eigenvalue weighted by molar-refractivity contribution is 6.05. The molecule has 4 nitrogen and oxygen atoms in total. The molecule has 0 aromatic heterocycles. The van der Waals surface area contributed by atoms with E-state index < -0.39 is 0 Å². The maximum atomic E-state index is 12.4. The minimum atomic E-state index is -0.0765. The van der Waals surface area contributed by atoms with Crippen LogP contribution in [0, 0.1) is 0 Å². The van der Waals surface area contributed by atoms with Crippen LogP contribution in [-0.4, -0.2) is 26.5 Å². The van der Waals surface area contributed by atoms with Crippen molar-refractivity contribution in [2.45, 2.75) is 12.8 Å². The lowest BCUT2D eigenvalue weighted by Gasteiger charge is -2.19. The van der Waals surface area contributed by atoms with Crippen molar-refractivity contribution in [3.63, 3.8) is 0 Å². The van der Waals surface area contributed by atoms with Crippen LogP contribution in [0.15, 0.2) is 42.5 Å². The molecule has 0 bridgehead atoms. The number of amides is 1. The molecule has 3 rings (SSSR count). The van der Waals surface area contributed by atoms with Crippen molar-refractivity contribution in [2.75, 3.05) is 36.2 Å². The number of anilines is 3. The van der Waals surface area contributed by atoms with Crippen molar-refractivity contribution in [2.24, 2.45) is 0 Å². The molecule has 1 heterocycles. The number of hydrogen-bond acceptors (Lipinski definition) is 3. The van der Waals surface area contributed by atoms with Crippen LogP contribution in [0.5, 0.6) is 0 Å². The summed E-state index contributed by atoms with van der Waals surface area (Å²) >= 11 is 0. The number of benzene rings is 2. The van der Waals surface area contributed by atoms with E-state index in [1.165, 1.54) is 11.3 Å². The highest BCUT2D eigenvalue weighted by Gasteiger charge is 2.11. The summed E-state index contributed by atoms with van der Waals surface area (Å²) < 4.78 is 0. The molecule has 0 atom stereocenters. The van der Waals surface area contributed by atoms with Gasteiger partial charge in [0.2, 0.25) is 0 Å². The van der Waals surface area contributed by atoms with E-state index in [1.807, 2.05) is 55.4 Å². The third kappa shape index (κ3) is 3.96. The number of carbonyl (C=O) groups excluding carboxylic acids is 1. The fraction of sp³-hybridized carbons (Fsp3) is 0.278. The van der Waals surface area contributed by atoms with Crippen molar-refractivity contribution in [3.05, 3.63) is 53.6 Å². The number of carbonyl (C=O) groups is 1. The molecule has 1 amide bonds. The van der Waals surface area contributed by atoms with Gasteiger partial charge in [0.05, 0.1) is 0 Å². The molecule has 0 aliphatic carbocycles. The lowest BCUT2D eigenvalue weighted by Crippen LogP contribution is -2.15. The summed E-state index contributed by atoms with van der Waals surface area (Å²) in [5.74, 6) is -0.0765. The van der Waals surface area contributed by atoms with E-state index in [9.17, 15) is 4.79 Å². The van der Waals surface area contributed by atoms with E-state index in [0.717, 1.165) is 30.8 Å². The van der Waals surface area contributed by atoms with Gasteiger partial charge in [-0.3, -0.25) is 4.79 Å². The number of rotatable bonds is 3. The topological polar surface area (TPSA) is 44.4 Å². The molecule has 0 unspecified atom stereocenters. The molecule has 5 heteroatoms. The van der Waals surface area contributed by atoms with Crippen LogP contribution in [0.2, 0.25) is 0 Å². The predicted octanol–water partition coefficient (Wildman–Crippen LogP) is 3.78. The van der Waals surface area contributed by atoms with E-state index in [-0.39, 0.29) is 18.3 Å². The van der Waals surface area contributed by atoms with Crippen LogP contribution < -0.4 is 15.5 Å². The maximum absolute atomic E-state index is 12.4. The third-order valence-electron chi connectivity index (χ3n) is 3.93. The Labute approximate surface area is 143 Å². The lowest BCUT2D eigenvalue weighted by molar-refractivity contribution is 0.102. The molecular formula is C18H22ClN3O. The van der Waals surface area contributed by atoms with Crippen LogP contribution in [0.3, 0.4) is 0 Å². The molecule has 2 aromatic rings. The molecule has 1 aliphatic heterocycles. The molecule has 2 N–H and O–H groups in total. The van der Waals surface area contributed by atoms with Crippen LogP contribution in [0.1, 0.15) is 22.3 Å². The SMILES string of the molecule is CN(C)c1cccc(C(=O)Nc2ccc3c(c2)CCCN3)c1.Cl. The highest BCUT2D eigenvalue weighted by Crippen LogP contribution is 2.25. The zero-order valence-electron chi connectivity index (χ0n) is 13.4. The van der Waals surface area contributed by atoms with Crippen molar-refractivity contribution in [3.8, 4) is 0 Å². The van der Waals surface area contributed by atoms with E-state index in [4.69, 9.17) is 0 Å². The number of nitrogens with one attached hydrogen (secondary N) is 2. The Bertz CT molecular complexity index is 700. The molecule has 0 spiro atoms.